The SMILES string of the molecule is CCCS(=O)(=O)NC1CN(c2ccc3c(c2)[C@H](Cc2ccccc2)[C@H](NC2CCC2)CO3)C1. The Bertz CT molecular complexity index is 1050. The fourth-order valence-electron chi connectivity index (χ4n) is 5.17. The van der Waals surface area contributed by atoms with Crippen LogP contribution in [0.5, 0.6) is 5.75 Å². The molecule has 0 spiro atoms. The Morgan fingerprint density at radius 3 is 2.55 bits per heavy atom. The van der Waals surface area contributed by atoms with E-state index in [1.165, 1.54) is 30.4 Å². The van der Waals surface area contributed by atoms with Gasteiger partial charge in [-0.05, 0) is 49.4 Å². The minimum Gasteiger partial charge on any atom is -0.492 e. The summed E-state index contributed by atoms with van der Waals surface area (Å²) in [5, 5.41) is 3.87. The largest absolute Gasteiger partial charge is 0.492 e. The third-order valence-electron chi connectivity index (χ3n) is 7.22. The van der Waals surface area contributed by atoms with Crippen LogP contribution < -0.4 is 19.7 Å². The molecule has 2 fully saturated rings. The molecular weight excluding hydrogens is 434 g/mol. The molecule has 2 aromatic carbocycles. The fourth-order valence-corrected chi connectivity index (χ4v) is 6.49. The topological polar surface area (TPSA) is 70.7 Å². The third-order valence-corrected chi connectivity index (χ3v) is 8.85. The van der Waals surface area contributed by atoms with E-state index in [1.807, 2.05) is 6.92 Å². The van der Waals surface area contributed by atoms with E-state index >= 15 is 0 Å². The van der Waals surface area contributed by atoms with Gasteiger partial charge in [0.15, 0.2) is 0 Å². The van der Waals surface area contributed by atoms with Crippen molar-refractivity contribution in [1.29, 1.82) is 0 Å². The average molecular weight is 470 g/mol. The van der Waals surface area contributed by atoms with Gasteiger partial charge in [-0.2, -0.15) is 0 Å². The Kier molecular flexibility index (Phi) is 6.63. The lowest BCUT2D eigenvalue weighted by Crippen LogP contribution is -2.59. The molecule has 33 heavy (non-hydrogen) atoms. The summed E-state index contributed by atoms with van der Waals surface area (Å²) in [7, 11) is -3.18. The maximum Gasteiger partial charge on any atom is 0.211 e. The zero-order valence-electron chi connectivity index (χ0n) is 19.4. The van der Waals surface area contributed by atoms with Crippen molar-refractivity contribution in [3.05, 3.63) is 59.7 Å². The molecule has 2 aromatic rings. The van der Waals surface area contributed by atoms with Crippen molar-refractivity contribution in [2.75, 3.05) is 30.3 Å². The van der Waals surface area contributed by atoms with Crippen LogP contribution in [0.3, 0.4) is 0 Å². The molecule has 0 radical (unpaired) electrons. The van der Waals surface area contributed by atoms with Gasteiger partial charge >= 0.3 is 0 Å². The first-order valence-corrected chi connectivity index (χ1v) is 14.0. The summed E-state index contributed by atoms with van der Waals surface area (Å²) in [6, 6.07) is 18.1. The lowest BCUT2D eigenvalue weighted by molar-refractivity contribution is 0.180. The van der Waals surface area contributed by atoms with Crippen molar-refractivity contribution in [2.24, 2.45) is 0 Å². The number of fused-ring (bicyclic) bond motifs is 1. The van der Waals surface area contributed by atoms with Gasteiger partial charge in [0, 0.05) is 42.3 Å². The molecule has 7 heteroatoms. The number of rotatable bonds is 9. The van der Waals surface area contributed by atoms with Gasteiger partial charge in [0.1, 0.15) is 12.4 Å². The van der Waals surface area contributed by atoms with Crippen LogP contribution in [0.4, 0.5) is 5.69 Å². The summed E-state index contributed by atoms with van der Waals surface area (Å²) in [4.78, 5) is 2.25. The highest BCUT2D eigenvalue weighted by molar-refractivity contribution is 7.89. The highest BCUT2D eigenvalue weighted by atomic mass is 32.2. The number of nitrogens with one attached hydrogen (secondary N) is 2. The lowest BCUT2D eigenvalue weighted by Gasteiger charge is -2.43. The summed E-state index contributed by atoms with van der Waals surface area (Å²) in [6.45, 7) is 4.00. The number of ether oxygens (including phenoxy) is 1. The van der Waals surface area contributed by atoms with Gasteiger partial charge in [0.2, 0.25) is 10.0 Å². The highest BCUT2D eigenvalue weighted by Crippen LogP contribution is 2.40. The summed E-state index contributed by atoms with van der Waals surface area (Å²) >= 11 is 0. The molecule has 0 aromatic heterocycles. The van der Waals surface area contributed by atoms with E-state index < -0.39 is 10.0 Å². The minimum atomic E-state index is -3.18. The summed E-state index contributed by atoms with van der Waals surface area (Å²) < 4.78 is 33.2. The molecule has 6 nitrogen and oxygen atoms in total. The van der Waals surface area contributed by atoms with E-state index in [1.54, 1.807) is 0 Å². The fraction of sp³-hybridized carbons (Fsp3) is 0.538. The first kappa shape index (κ1) is 22.7. The summed E-state index contributed by atoms with van der Waals surface area (Å²) in [5.74, 6) is 1.51. The van der Waals surface area contributed by atoms with Gasteiger partial charge in [0.05, 0.1) is 11.8 Å². The van der Waals surface area contributed by atoms with Crippen molar-refractivity contribution in [2.45, 2.75) is 63.1 Å². The number of hydrogen-bond acceptors (Lipinski definition) is 5. The average Bonchev–Trinajstić information content (AvgIpc) is 2.74. The first-order chi connectivity index (χ1) is 16.0. The second-order valence-corrected chi connectivity index (χ2v) is 11.6. The summed E-state index contributed by atoms with van der Waals surface area (Å²) in [5.41, 5.74) is 3.75. The zero-order valence-corrected chi connectivity index (χ0v) is 20.2. The quantitative estimate of drug-likeness (QED) is 0.589. The van der Waals surface area contributed by atoms with Crippen LogP contribution in [0.15, 0.2) is 48.5 Å². The Morgan fingerprint density at radius 1 is 1.06 bits per heavy atom. The molecule has 2 aliphatic heterocycles. The zero-order chi connectivity index (χ0) is 22.8. The van der Waals surface area contributed by atoms with E-state index in [2.05, 4.69) is 63.5 Å². The molecule has 2 heterocycles. The molecule has 3 aliphatic rings. The Morgan fingerprint density at radius 2 is 1.85 bits per heavy atom. The molecule has 2 atom stereocenters. The van der Waals surface area contributed by atoms with Crippen LogP contribution in [0, 0.1) is 0 Å². The van der Waals surface area contributed by atoms with Crippen LogP contribution >= 0.6 is 0 Å². The predicted molar refractivity (Wildman–Crippen MR) is 133 cm³/mol. The molecule has 0 bridgehead atoms. The smallest absolute Gasteiger partial charge is 0.211 e. The van der Waals surface area contributed by atoms with Crippen molar-refractivity contribution >= 4 is 15.7 Å². The van der Waals surface area contributed by atoms with Gasteiger partial charge in [-0.1, -0.05) is 43.7 Å². The summed E-state index contributed by atoms with van der Waals surface area (Å²) in [6.07, 6.45) is 5.43. The Balaban J connectivity index is 1.33. The van der Waals surface area contributed by atoms with Crippen molar-refractivity contribution in [1.82, 2.24) is 10.0 Å². The third kappa shape index (κ3) is 5.20. The van der Waals surface area contributed by atoms with Gasteiger partial charge in [0.25, 0.3) is 0 Å². The monoisotopic (exact) mass is 469 g/mol. The molecule has 2 N–H and O–H groups in total. The molecule has 178 valence electrons. The maximum absolute atomic E-state index is 12.1. The number of benzene rings is 2. The highest BCUT2D eigenvalue weighted by Gasteiger charge is 2.35. The number of hydrogen-bond donors (Lipinski definition) is 2. The van der Waals surface area contributed by atoms with Crippen molar-refractivity contribution in [3.8, 4) is 5.75 Å². The molecule has 5 rings (SSSR count). The molecule has 1 saturated heterocycles. The first-order valence-electron chi connectivity index (χ1n) is 12.3. The van der Waals surface area contributed by atoms with E-state index in [-0.39, 0.29) is 11.8 Å². The van der Waals surface area contributed by atoms with Crippen molar-refractivity contribution < 1.29 is 13.2 Å². The van der Waals surface area contributed by atoms with E-state index in [0.717, 1.165) is 17.9 Å². The van der Waals surface area contributed by atoms with Crippen LogP contribution in [-0.4, -0.2) is 52.0 Å². The van der Waals surface area contributed by atoms with Gasteiger partial charge in [-0.25, -0.2) is 13.1 Å². The molecular formula is C26H35N3O3S. The van der Waals surface area contributed by atoms with Crippen LogP contribution in [0.2, 0.25) is 0 Å². The van der Waals surface area contributed by atoms with Gasteiger partial charge in [-0.15, -0.1) is 0 Å². The predicted octanol–water partition coefficient (Wildman–Crippen LogP) is 3.43. The standard InChI is InChI=1S/C26H35N3O3S/c1-2-13-33(30,31)28-21-16-29(17-21)22-11-12-26-24(15-22)23(14-19-7-4-3-5-8-19)25(18-32-26)27-20-9-6-10-20/h3-5,7-8,11-12,15,20-21,23,25,27-28H,2,6,9-10,13-14,16-18H2,1H3/t23-,25+/m0/s1. The van der Waals surface area contributed by atoms with Crippen LogP contribution in [0.25, 0.3) is 0 Å². The number of nitrogens with zero attached hydrogens (tertiary/aromatic N) is 1. The van der Waals surface area contributed by atoms with E-state index in [0.29, 0.717) is 44.1 Å². The molecule has 1 aliphatic carbocycles. The number of anilines is 1. The lowest BCUT2D eigenvalue weighted by atomic mass is 9.82. The van der Waals surface area contributed by atoms with Gasteiger partial charge in [-0.3, -0.25) is 0 Å². The maximum atomic E-state index is 12.1. The number of sulfonamides is 1. The molecule has 0 unspecified atom stereocenters. The molecule has 0 amide bonds. The second kappa shape index (κ2) is 9.65. The van der Waals surface area contributed by atoms with Crippen LogP contribution in [0.1, 0.15) is 49.7 Å². The normalized spacial score (nSPS) is 23.4. The second-order valence-electron chi connectivity index (χ2n) is 9.77. The Hall–Kier alpha value is -2.09. The van der Waals surface area contributed by atoms with Crippen LogP contribution in [-0.2, 0) is 16.4 Å². The molecule has 1 saturated carbocycles. The van der Waals surface area contributed by atoms with E-state index in [9.17, 15) is 8.42 Å². The Labute approximate surface area is 197 Å². The van der Waals surface area contributed by atoms with E-state index in [4.69, 9.17) is 4.74 Å². The van der Waals surface area contributed by atoms with Gasteiger partial charge < -0.3 is 15.0 Å². The minimum absolute atomic E-state index is 0.0121. The van der Waals surface area contributed by atoms with Crippen molar-refractivity contribution in [3.63, 3.8) is 0 Å².